The van der Waals surface area contributed by atoms with Crippen LogP contribution < -0.4 is 10.8 Å². The van der Waals surface area contributed by atoms with Crippen LogP contribution in [0.25, 0.3) is 11.1 Å². The zero-order valence-corrected chi connectivity index (χ0v) is 17.4. The molecule has 32 heavy (non-hydrogen) atoms. The molecular formula is C23H24N2O7. The Morgan fingerprint density at radius 2 is 1.69 bits per heavy atom. The van der Waals surface area contributed by atoms with Crippen molar-refractivity contribution in [3.63, 3.8) is 0 Å². The number of aliphatic carboxylic acids is 1. The maximum Gasteiger partial charge on any atom is 0.407 e. The summed E-state index contributed by atoms with van der Waals surface area (Å²) in [6.07, 6.45) is -1.85. The lowest BCUT2D eigenvalue weighted by molar-refractivity contribution is -0.160. The molecule has 1 aliphatic carbocycles. The van der Waals surface area contributed by atoms with Crippen molar-refractivity contribution >= 4 is 18.0 Å². The molecule has 0 saturated carbocycles. The Kier molecular flexibility index (Phi) is 6.38. The lowest BCUT2D eigenvalue weighted by Crippen LogP contribution is -2.47. The number of carbonyl (C=O) groups excluding carboxylic acids is 2. The number of amides is 2. The number of carboxylic acids is 1. The minimum atomic E-state index is -1.21. The maximum absolute atomic E-state index is 12.5. The molecule has 1 saturated heterocycles. The number of alkyl carbamates (subject to hydrolysis) is 1. The second kappa shape index (κ2) is 9.37. The van der Waals surface area contributed by atoms with Crippen molar-refractivity contribution in [2.24, 2.45) is 5.92 Å². The molecule has 168 valence electrons. The average molecular weight is 440 g/mol. The number of hydrogen-bond acceptors (Lipinski definition) is 6. The lowest BCUT2D eigenvalue weighted by Gasteiger charge is -2.20. The van der Waals surface area contributed by atoms with Gasteiger partial charge in [-0.05, 0) is 29.2 Å². The summed E-state index contributed by atoms with van der Waals surface area (Å²) in [7, 11) is 0. The van der Waals surface area contributed by atoms with Gasteiger partial charge in [-0.3, -0.25) is 9.63 Å². The van der Waals surface area contributed by atoms with E-state index >= 15 is 0 Å². The van der Waals surface area contributed by atoms with Crippen LogP contribution in [0.5, 0.6) is 0 Å². The fourth-order valence-electron chi connectivity index (χ4n) is 4.02. The Morgan fingerprint density at radius 1 is 1.06 bits per heavy atom. The van der Waals surface area contributed by atoms with Gasteiger partial charge in [-0.2, -0.15) is 0 Å². The van der Waals surface area contributed by atoms with Crippen LogP contribution in [0.4, 0.5) is 4.79 Å². The van der Waals surface area contributed by atoms with E-state index in [1.165, 1.54) is 6.92 Å². The van der Waals surface area contributed by atoms with Gasteiger partial charge in [0.15, 0.2) is 6.10 Å². The molecule has 1 fully saturated rings. The summed E-state index contributed by atoms with van der Waals surface area (Å²) >= 11 is 0. The van der Waals surface area contributed by atoms with Crippen LogP contribution in [0.15, 0.2) is 48.5 Å². The number of hydroxylamine groups is 1. The zero-order chi connectivity index (χ0) is 22.7. The molecule has 2 aromatic carbocycles. The molecule has 2 amide bonds. The van der Waals surface area contributed by atoms with Crippen molar-refractivity contribution in [3.8, 4) is 11.1 Å². The summed E-state index contributed by atoms with van der Waals surface area (Å²) in [6, 6.07) is 15.5. The minimum Gasteiger partial charge on any atom is -0.479 e. The van der Waals surface area contributed by atoms with Crippen molar-refractivity contribution < 1.29 is 33.8 Å². The van der Waals surface area contributed by atoms with Gasteiger partial charge < -0.3 is 19.9 Å². The van der Waals surface area contributed by atoms with E-state index in [9.17, 15) is 14.4 Å². The SMILES string of the molecule is CC(ONC(=O)C1COCC1NC(=O)OCC1c2ccccc2-c2ccccc21)C(=O)O. The van der Waals surface area contributed by atoms with Gasteiger partial charge in [0.05, 0.1) is 25.2 Å². The van der Waals surface area contributed by atoms with Crippen LogP contribution in [-0.4, -0.2) is 55.0 Å². The number of ether oxygens (including phenoxy) is 2. The van der Waals surface area contributed by atoms with Crippen molar-refractivity contribution in [1.82, 2.24) is 10.8 Å². The molecule has 9 nitrogen and oxygen atoms in total. The van der Waals surface area contributed by atoms with Gasteiger partial charge in [-0.15, -0.1) is 0 Å². The first-order chi connectivity index (χ1) is 15.5. The third kappa shape index (κ3) is 4.44. The first-order valence-electron chi connectivity index (χ1n) is 10.3. The molecule has 3 unspecified atom stereocenters. The van der Waals surface area contributed by atoms with Crippen LogP contribution >= 0.6 is 0 Å². The Labute approximate surface area is 184 Å². The minimum absolute atomic E-state index is 0.0713. The van der Waals surface area contributed by atoms with E-state index in [-0.39, 0.29) is 25.7 Å². The molecular weight excluding hydrogens is 416 g/mol. The lowest BCUT2D eigenvalue weighted by atomic mass is 9.98. The van der Waals surface area contributed by atoms with E-state index in [0.717, 1.165) is 22.3 Å². The number of carbonyl (C=O) groups is 3. The van der Waals surface area contributed by atoms with Gasteiger partial charge in [-0.1, -0.05) is 48.5 Å². The number of hydrogen-bond donors (Lipinski definition) is 3. The Morgan fingerprint density at radius 3 is 2.31 bits per heavy atom. The number of rotatable bonds is 7. The van der Waals surface area contributed by atoms with Crippen LogP contribution in [0.1, 0.15) is 24.0 Å². The van der Waals surface area contributed by atoms with Crippen LogP contribution in [0.2, 0.25) is 0 Å². The van der Waals surface area contributed by atoms with Crippen LogP contribution in [0, 0.1) is 5.92 Å². The zero-order valence-electron chi connectivity index (χ0n) is 17.4. The molecule has 3 N–H and O–H groups in total. The standard InChI is InChI=1S/C23H24N2O7/c1-13(22(27)28)32-25-21(26)19-10-30-12-20(19)24-23(29)31-11-18-16-8-4-2-6-14(16)15-7-3-5-9-17(15)18/h2-9,13,18-20H,10-12H2,1H3,(H,24,29)(H,25,26)(H,27,28). The normalized spacial score (nSPS) is 20.2. The molecule has 1 heterocycles. The van der Waals surface area contributed by atoms with Crippen molar-refractivity contribution in [3.05, 3.63) is 59.7 Å². The van der Waals surface area contributed by atoms with Crippen molar-refractivity contribution in [1.29, 1.82) is 0 Å². The molecule has 0 spiro atoms. The fraction of sp³-hybridized carbons (Fsp3) is 0.348. The topological polar surface area (TPSA) is 123 Å². The van der Waals surface area contributed by atoms with Crippen molar-refractivity contribution in [2.45, 2.75) is 25.0 Å². The summed E-state index contributed by atoms with van der Waals surface area (Å²) in [6.45, 7) is 1.66. The van der Waals surface area contributed by atoms with Gasteiger partial charge in [0.1, 0.15) is 6.61 Å². The Bertz CT molecular complexity index is 979. The first-order valence-corrected chi connectivity index (χ1v) is 10.3. The Hall–Kier alpha value is -3.43. The molecule has 1 aliphatic heterocycles. The number of fused-ring (bicyclic) bond motifs is 3. The molecule has 9 heteroatoms. The summed E-state index contributed by atoms with van der Waals surface area (Å²) in [4.78, 5) is 40.4. The summed E-state index contributed by atoms with van der Waals surface area (Å²) in [5.74, 6) is -2.57. The summed E-state index contributed by atoms with van der Waals surface area (Å²) in [5, 5.41) is 11.5. The average Bonchev–Trinajstić information content (AvgIpc) is 3.38. The second-order valence-corrected chi connectivity index (χ2v) is 7.78. The maximum atomic E-state index is 12.5. The highest BCUT2D eigenvalue weighted by Crippen LogP contribution is 2.44. The smallest absolute Gasteiger partial charge is 0.407 e. The highest BCUT2D eigenvalue weighted by Gasteiger charge is 2.36. The fourth-order valence-corrected chi connectivity index (χ4v) is 4.02. The third-order valence-corrected chi connectivity index (χ3v) is 5.75. The number of carboxylic acid groups (broad SMARTS) is 1. The molecule has 2 aromatic rings. The molecule has 4 rings (SSSR count). The van der Waals surface area contributed by atoms with E-state index in [1.54, 1.807) is 0 Å². The molecule has 2 aliphatic rings. The van der Waals surface area contributed by atoms with Gasteiger partial charge in [0.25, 0.3) is 5.91 Å². The van der Waals surface area contributed by atoms with Gasteiger partial charge >= 0.3 is 12.1 Å². The highest BCUT2D eigenvalue weighted by molar-refractivity contribution is 5.81. The predicted molar refractivity (Wildman–Crippen MR) is 113 cm³/mol. The van der Waals surface area contributed by atoms with E-state index in [1.807, 2.05) is 36.4 Å². The Balaban J connectivity index is 1.34. The van der Waals surface area contributed by atoms with E-state index in [4.69, 9.17) is 19.4 Å². The molecule has 0 aromatic heterocycles. The summed E-state index contributed by atoms with van der Waals surface area (Å²) in [5.41, 5.74) is 6.59. The monoisotopic (exact) mass is 440 g/mol. The highest BCUT2D eigenvalue weighted by atomic mass is 16.7. The van der Waals surface area contributed by atoms with Gasteiger partial charge in [0.2, 0.25) is 0 Å². The largest absolute Gasteiger partial charge is 0.479 e. The molecule has 0 radical (unpaired) electrons. The summed E-state index contributed by atoms with van der Waals surface area (Å²) < 4.78 is 10.8. The molecule has 0 bridgehead atoms. The quantitative estimate of drug-likeness (QED) is 0.563. The third-order valence-electron chi connectivity index (χ3n) is 5.75. The van der Waals surface area contributed by atoms with Gasteiger partial charge in [-0.25, -0.2) is 15.1 Å². The molecule has 3 atom stereocenters. The number of benzene rings is 2. The van der Waals surface area contributed by atoms with E-state index in [0.29, 0.717) is 0 Å². The van der Waals surface area contributed by atoms with Crippen LogP contribution in [-0.2, 0) is 23.9 Å². The first kappa shape index (κ1) is 21.8. The van der Waals surface area contributed by atoms with Crippen LogP contribution in [0.3, 0.4) is 0 Å². The van der Waals surface area contributed by atoms with Crippen molar-refractivity contribution in [2.75, 3.05) is 19.8 Å². The van der Waals surface area contributed by atoms with E-state index in [2.05, 4.69) is 22.9 Å². The predicted octanol–water partition coefficient (Wildman–Crippen LogP) is 2.06. The second-order valence-electron chi connectivity index (χ2n) is 7.78. The number of nitrogens with one attached hydrogen (secondary N) is 2. The van der Waals surface area contributed by atoms with E-state index < -0.39 is 36.0 Å². The van der Waals surface area contributed by atoms with Gasteiger partial charge in [0, 0.05) is 5.92 Å².